The molecule has 1 aliphatic carbocycles. The van der Waals surface area contributed by atoms with Gasteiger partial charge < -0.3 is 5.73 Å². The maximum absolute atomic E-state index is 5.54. The highest BCUT2D eigenvalue weighted by atomic mass is 14.7. The average Bonchev–Trinajstić information content (AvgIpc) is 2.10. The highest BCUT2D eigenvalue weighted by Crippen LogP contribution is 2.62. The van der Waals surface area contributed by atoms with Gasteiger partial charge in [0.15, 0.2) is 0 Å². The summed E-state index contributed by atoms with van der Waals surface area (Å²) in [6, 6.07) is 0. The molecule has 8 heavy (non-hydrogen) atoms. The van der Waals surface area contributed by atoms with Crippen LogP contribution in [0.2, 0.25) is 0 Å². The van der Waals surface area contributed by atoms with Crippen LogP contribution in [0.15, 0.2) is 0 Å². The molecule has 1 fully saturated rings. The van der Waals surface area contributed by atoms with Crippen molar-refractivity contribution in [3.63, 3.8) is 0 Å². The van der Waals surface area contributed by atoms with E-state index in [2.05, 4.69) is 20.8 Å². The molecule has 1 aliphatic rings. The minimum atomic E-state index is 0.465. The molecule has 1 heteroatoms. The third-order valence-electron chi connectivity index (χ3n) is 2.79. The highest BCUT2D eigenvalue weighted by Gasteiger charge is 2.55. The van der Waals surface area contributed by atoms with E-state index in [0.29, 0.717) is 10.8 Å². The largest absolute Gasteiger partial charge is 0.330 e. The predicted molar refractivity (Wildman–Crippen MR) is 35.6 cm³/mol. The molecule has 1 atom stereocenters. The molecule has 0 radical (unpaired) electrons. The lowest BCUT2D eigenvalue weighted by Crippen LogP contribution is -2.16. The van der Waals surface area contributed by atoms with Crippen LogP contribution >= 0.6 is 0 Å². The van der Waals surface area contributed by atoms with Gasteiger partial charge in [-0.15, -0.1) is 0 Å². The Morgan fingerprint density at radius 1 is 1.38 bits per heavy atom. The lowest BCUT2D eigenvalue weighted by molar-refractivity contribution is 0.429. The van der Waals surface area contributed by atoms with Gasteiger partial charge in [0, 0.05) is 0 Å². The lowest BCUT2D eigenvalue weighted by atomic mass is 9.99. The molecule has 1 rings (SSSR count). The van der Waals surface area contributed by atoms with Crippen molar-refractivity contribution in [3.05, 3.63) is 0 Å². The van der Waals surface area contributed by atoms with Gasteiger partial charge in [-0.1, -0.05) is 20.8 Å². The molecule has 1 saturated carbocycles. The van der Waals surface area contributed by atoms with E-state index >= 15 is 0 Å². The van der Waals surface area contributed by atoms with Gasteiger partial charge in [-0.25, -0.2) is 0 Å². The smallest absolute Gasteiger partial charge is 0.00179 e. The average molecular weight is 113 g/mol. The summed E-state index contributed by atoms with van der Waals surface area (Å²) in [6.45, 7) is 7.66. The summed E-state index contributed by atoms with van der Waals surface area (Å²) in [5.74, 6) is 0. The van der Waals surface area contributed by atoms with E-state index in [4.69, 9.17) is 5.73 Å². The molecule has 0 aliphatic heterocycles. The molecule has 0 aromatic heterocycles. The van der Waals surface area contributed by atoms with Gasteiger partial charge in [-0.2, -0.15) is 0 Å². The van der Waals surface area contributed by atoms with Crippen LogP contribution in [-0.4, -0.2) is 6.54 Å². The summed E-state index contributed by atoms with van der Waals surface area (Å²) in [4.78, 5) is 0. The monoisotopic (exact) mass is 113 g/mol. The normalized spacial score (nSPS) is 42.0. The minimum absolute atomic E-state index is 0.465. The van der Waals surface area contributed by atoms with Gasteiger partial charge in [0.1, 0.15) is 0 Å². The van der Waals surface area contributed by atoms with Gasteiger partial charge >= 0.3 is 0 Å². The van der Waals surface area contributed by atoms with Crippen molar-refractivity contribution < 1.29 is 0 Å². The van der Waals surface area contributed by atoms with Crippen LogP contribution in [-0.2, 0) is 0 Å². The summed E-state index contributed by atoms with van der Waals surface area (Å²) in [6.07, 6.45) is 1.30. The van der Waals surface area contributed by atoms with E-state index < -0.39 is 0 Å². The first kappa shape index (κ1) is 6.09. The van der Waals surface area contributed by atoms with E-state index in [1.165, 1.54) is 6.42 Å². The van der Waals surface area contributed by atoms with Crippen LogP contribution in [0.4, 0.5) is 0 Å². The summed E-state index contributed by atoms with van der Waals surface area (Å²) < 4.78 is 0. The minimum Gasteiger partial charge on any atom is -0.330 e. The molecule has 0 aromatic rings. The summed E-state index contributed by atoms with van der Waals surface area (Å²) >= 11 is 0. The maximum Gasteiger partial charge on any atom is -0.00179 e. The zero-order chi connectivity index (χ0) is 6.41. The fourth-order valence-corrected chi connectivity index (χ4v) is 1.28. The topological polar surface area (TPSA) is 26.0 Å². The van der Waals surface area contributed by atoms with E-state index in [1.807, 2.05) is 0 Å². The lowest BCUT2D eigenvalue weighted by Gasteiger charge is -2.09. The second-order valence-electron chi connectivity index (χ2n) is 3.83. The van der Waals surface area contributed by atoms with E-state index in [-0.39, 0.29) is 0 Å². The third-order valence-corrected chi connectivity index (χ3v) is 2.79. The molecular weight excluding hydrogens is 98.1 g/mol. The van der Waals surface area contributed by atoms with Crippen molar-refractivity contribution in [1.29, 1.82) is 0 Å². The van der Waals surface area contributed by atoms with Crippen LogP contribution in [0.1, 0.15) is 27.2 Å². The first-order valence-corrected chi connectivity index (χ1v) is 3.22. The standard InChI is InChI=1S/C7H15N/c1-6(2)4-7(6,3)5-8/h4-5,8H2,1-3H3/t7-/m1/s1. The first-order chi connectivity index (χ1) is 3.52. The fourth-order valence-electron chi connectivity index (χ4n) is 1.28. The van der Waals surface area contributed by atoms with Crippen LogP contribution in [0.5, 0.6) is 0 Å². The van der Waals surface area contributed by atoms with Gasteiger partial charge in [-0.3, -0.25) is 0 Å². The summed E-state index contributed by atoms with van der Waals surface area (Å²) in [5, 5.41) is 0. The Hall–Kier alpha value is -0.0400. The quantitative estimate of drug-likeness (QED) is 0.546. The molecule has 48 valence electrons. The predicted octanol–water partition coefficient (Wildman–Crippen LogP) is 1.38. The Balaban J connectivity index is 2.55. The number of rotatable bonds is 1. The first-order valence-electron chi connectivity index (χ1n) is 3.22. The zero-order valence-electron chi connectivity index (χ0n) is 5.99. The number of hydrogen-bond donors (Lipinski definition) is 1. The van der Waals surface area contributed by atoms with Gasteiger partial charge in [-0.05, 0) is 23.8 Å². The van der Waals surface area contributed by atoms with Gasteiger partial charge in [0.2, 0.25) is 0 Å². The molecule has 2 N–H and O–H groups in total. The van der Waals surface area contributed by atoms with Gasteiger partial charge in [0.05, 0.1) is 0 Å². The number of hydrogen-bond acceptors (Lipinski definition) is 1. The highest BCUT2D eigenvalue weighted by molar-refractivity contribution is 5.06. The van der Waals surface area contributed by atoms with Gasteiger partial charge in [0.25, 0.3) is 0 Å². The molecular formula is C7H15N. The fraction of sp³-hybridized carbons (Fsp3) is 1.00. The Morgan fingerprint density at radius 3 is 1.75 bits per heavy atom. The second-order valence-corrected chi connectivity index (χ2v) is 3.83. The summed E-state index contributed by atoms with van der Waals surface area (Å²) in [5.41, 5.74) is 6.54. The Kier molecular flexibility index (Phi) is 0.965. The Labute approximate surface area is 51.3 Å². The van der Waals surface area contributed by atoms with E-state index in [0.717, 1.165) is 6.54 Å². The van der Waals surface area contributed by atoms with Crippen molar-refractivity contribution in [2.45, 2.75) is 27.2 Å². The van der Waals surface area contributed by atoms with E-state index in [1.54, 1.807) is 0 Å². The summed E-state index contributed by atoms with van der Waals surface area (Å²) in [7, 11) is 0. The molecule has 1 nitrogen and oxygen atoms in total. The molecule has 0 saturated heterocycles. The third kappa shape index (κ3) is 0.576. The molecule has 0 heterocycles. The van der Waals surface area contributed by atoms with Crippen LogP contribution in [0.25, 0.3) is 0 Å². The van der Waals surface area contributed by atoms with Crippen molar-refractivity contribution in [2.75, 3.05) is 6.54 Å². The maximum atomic E-state index is 5.54. The second kappa shape index (κ2) is 1.27. The van der Waals surface area contributed by atoms with Crippen molar-refractivity contribution in [3.8, 4) is 0 Å². The van der Waals surface area contributed by atoms with Crippen LogP contribution in [0, 0.1) is 10.8 Å². The van der Waals surface area contributed by atoms with Crippen molar-refractivity contribution in [2.24, 2.45) is 16.6 Å². The van der Waals surface area contributed by atoms with Crippen LogP contribution < -0.4 is 5.73 Å². The Bertz CT molecular complexity index is 107. The molecule has 0 aromatic carbocycles. The SMILES string of the molecule is CC1(C)C[C@]1(C)CN. The molecule has 0 bridgehead atoms. The molecule has 0 spiro atoms. The molecule has 0 unspecified atom stereocenters. The van der Waals surface area contributed by atoms with Crippen molar-refractivity contribution in [1.82, 2.24) is 0 Å². The zero-order valence-corrected chi connectivity index (χ0v) is 5.99. The number of nitrogens with two attached hydrogens (primary N) is 1. The molecule has 0 amide bonds. The van der Waals surface area contributed by atoms with Crippen molar-refractivity contribution >= 4 is 0 Å². The van der Waals surface area contributed by atoms with Crippen LogP contribution in [0.3, 0.4) is 0 Å². The van der Waals surface area contributed by atoms with E-state index in [9.17, 15) is 0 Å². The Morgan fingerprint density at radius 2 is 1.75 bits per heavy atom.